The molecule has 3 rings (SSSR count). The molecule has 1 saturated carbocycles. The minimum Gasteiger partial charge on any atom is -0.354 e. The highest BCUT2D eigenvalue weighted by atomic mass is 16.2. The van der Waals surface area contributed by atoms with Gasteiger partial charge in [0, 0.05) is 43.7 Å². The van der Waals surface area contributed by atoms with E-state index in [1.54, 1.807) is 0 Å². The van der Waals surface area contributed by atoms with E-state index in [-0.39, 0.29) is 35.6 Å². The maximum Gasteiger partial charge on any atom is 0.254 e. The molecule has 3 amide bonds. The molecule has 1 N–H and O–H groups in total. The highest BCUT2D eigenvalue weighted by Crippen LogP contribution is 2.31. The van der Waals surface area contributed by atoms with Crippen LogP contribution in [0, 0.1) is 11.8 Å². The van der Waals surface area contributed by atoms with E-state index in [9.17, 15) is 14.4 Å². The zero-order valence-corrected chi connectivity index (χ0v) is 18.3. The van der Waals surface area contributed by atoms with Gasteiger partial charge in [-0.15, -0.1) is 0 Å². The molecule has 2 aliphatic rings. The Labute approximate surface area is 180 Å². The number of amides is 3. The summed E-state index contributed by atoms with van der Waals surface area (Å²) >= 11 is 0. The van der Waals surface area contributed by atoms with E-state index in [4.69, 9.17) is 0 Å². The number of hydrogen-bond acceptors (Lipinski definition) is 3. The summed E-state index contributed by atoms with van der Waals surface area (Å²) in [5.41, 5.74) is 0.656. The topological polar surface area (TPSA) is 69.7 Å². The van der Waals surface area contributed by atoms with E-state index < -0.39 is 0 Å². The van der Waals surface area contributed by atoms with Crippen molar-refractivity contribution in [3.8, 4) is 0 Å². The summed E-state index contributed by atoms with van der Waals surface area (Å²) in [4.78, 5) is 43.0. The third-order valence-electron chi connectivity index (χ3n) is 6.65. The quantitative estimate of drug-likeness (QED) is 0.825. The van der Waals surface area contributed by atoms with Gasteiger partial charge in [-0.1, -0.05) is 38.5 Å². The average molecular weight is 414 g/mol. The molecule has 0 spiro atoms. The molecule has 2 atom stereocenters. The fourth-order valence-electron chi connectivity index (χ4n) is 4.89. The number of carbonyl (C=O) groups excluding carboxylic acids is 3. The molecule has 164 valence electrons. The van der Waals surface area contributed by atoms with Gasteiger partial charge in [-0.2, -0.15) is 0 Å². The number of rotatable bonds is 4. The zero-order chi connectivity index (χ0) is 21.5. The Hall–Kier alpha value is -2.37. The SMILES string of the molecule is CCC(CC)C(=O)N1CCCN(C(=O)c2ccccc2)[C@H]2CCC[C@H]2C(=O)NCC1. The standard InChI is InChI=1S/C24H35N3O3/c1-3-18(4-2)23(29)26-15-9-16-27(24(30)19-10-6-5-7-11-19)21-13-8-12-20(21)22(28)25-14-17-26/h5-7,10-11,18,20-21H,3-4,8-9,12-17H2,1-2H3,(H,25,28)/t20-,21+/m1/s1. The molecule has 6 nitrogen and oxygen atoms in total. The van der Waals surface area contributed by atoms with Crippen molar-refractivity contribution >= 4 is 17.7 Å². The van der Waals surface area contributed by atoms with Crippen LogP contribution >= 0.6 is 0 Å². The summed E-state index contributed by atoms with van der Waals surface area (Å²) in [6.07, 6.45) is 4.99. The monoisotopic (exact) mass is 413 g/mol. The number of nitrogens with zero attached hydrogens (tertiary/aromatic N) is 2. The number of carbonyl (C=O) groups is 3. The molecule has 6 heteroatoms. The van der Waals surface area contributed by atoms with Gasteiger partial charge in [0.15, 0.2) is 0 Å². The van der Waals surface area contributed by atoms with Gasteiger partial charge < -0.3 is 15.1 Å². The van der Waals surface area contributed by atoms with Crippen molar-refractivity contribution in [3.05, 3.63) is 35.9 Å². The minimum absolute atomic E-state index is 0.0141. The molecular weight excluding hydrogens is 378 g/mol. The lowest BCUT2D eigenvalue weighted by atomic mass is 9.99. The zero-order valence-electron chi connectivity index (χ0n) is 18.3. The van der Waals surface area contributed by atoms with Crippen LogP contribution in [0.3, 0.4) is 0 Å². The van der Waals surface area contributed by atoms with E-state index in [0.29, 0.717) is 31.7 Å². The van der Waals surface area contributed by atoms with Crippen LogP contribution in [-0.2, 0) is 9.59 Å². The van der Waals surface area contributed by atoms with Crippen LogP contribution in [0.5, 0.6) is 0 Å². The van der Waals surface area contributed by atoms with E-state index in [2.05, 4.69) is 5.32 Å². The van der Waals surface area contributed by atoms with Crippen molar-refractivity contribution < 1.29 is 14.4 Å². The Morgan fingerprint density at radius 3 is 2.47 bits per heavy atom. The van der Waals surface area contributed by atoms with Crippen LogP contribution < -0.4 is 5.32 Å². The summed E-state index contributed by atoms with van der Waals surface area (Å²) < 4.78 is 0. The van der Waals surface area contributed by atoms with Crippen molar-refractivity contribution in [3.63, 3.8) is 0 Å². The van der Waals surface area contributed by atoms with Crippen molar-refractivity contribution in [2.75, 3.05) is 26.2 Å². The van der Waals surface area contributed by atoms with E-state index in [0.717, 1.165) is 38.5 Å². The van der Waals surface area contributed by atoms with Gasteiger partial charge in [0.1, 0.15) is 0 Å². The summed E-state index contributed by atoms with van der Waals surface area (Å²) in [5, 5.41) is 3.04. The number of fused-ring (bicyclic) bond motifs is 1. The second-order valence-electron chi connectivity index (χ2n) is 8.45. The van der Waals surface area contributed by atoms with E-state index >= 15 is 0 Å². The van der Waals surface area contributed by atoms with Gasteiger partial charge in [-0.3, -0.25) is 14.4 Å². The lowest BCUT2D eigenvalue weighted by molar-refractivity contribution is -0.136. The molecular formula is C24H35N3O3. The molecule has 0 unspecified atom stereocenters. The van der Waals surface area contributed by atoms with Gasteiger partial charge in [0.05, 0.1) is 5.92 Å². The van der Waals surface area contributed by atoms with Gasteiger partial charge in [-0.05, 0) is 44.2 Å². The Bertz CT molecular complexity index is 732. The molecule has 0 radical (unpaired) electrons. The van der Waals surface area contributed by atoms with Gasteiger partial charge in [0.25, 0.3) is 5.91 Å². The maximum absolute atomic E-state index is 13.3. The van der Waals surface area contributed by atoms with E-state index in [1.165, 1.54) is 0 Å². The third-order valence-corrected chi connectivity index (χ3v) is 6.65. The highest BCUT2D eigenvalue weighted by Gasteiger charge is 2.39. The van der Waals surface area contributed by atoms with Crippen LogP contribution in [0.1, 0.15) is 62.7 Å². The summed E-state index contributed by atoms with van der Waals surface area (Å²) in [6, 6.07) is 9.24. The number of hydrogen-bond donors (Lipinski definition) is 1. The molecule has 1 aromatic rings. The maximum atomic E-state index is 13.3. The predicted molar refractivity (Wildman–Crippen MR) is 117 cm³/mol. The molecule has 1 aliphatic carbocycles. The third kappa shape index (κ3) is 5.02. The fourth-order valence-corrected chi connectivity index (χ4v) is 4.89. The van der Waals surface area contributed by atoms with Crippen molar-refractivity contribution in [2.45, 2.75) is 58.4 Å². The van der Waals surface area contributed by atoms with Crippen molar-refractivity contribution in [1.29, 1.82) is 0 Å². The van der Waals surface area contributed by atoms with Crippen LogP contribution in [0.2, 0.25) is 0 Å². The first-order valence-electron chi connectivity index (χ1n) is 11.5. The number of nitrogens with one attached hydrogen (secondary N) is 1. The molecule has 0 bridgehead atoms. The second kappa shape index (κ2) is 10.6. The highest BCUT2D eigenvalue weighted by molar-refractivity contribution is 5.95. The molecule has 0 aromatic heterocycles. The Balaban J connectivity index is 1.82. The molecule has 30 heavy (non-hydrogen) atoms. The molecule has 1 aliphatic heterocycles. The number of benzene rings is 1. The normalized spacial score (nSPS) is 23.0. The Kier molecular flexibility index (Phi) is 7.88. The van der Waals surface area contributed by atoms with Crippen LogP contribution in [0.4, 0.5) is 0 Å². The van der Waals surface area contributed by atoms with Crippen LogP contribution in [0.15, 0.2) is 30.3 Å². The van der Waals surface area contributed by atoms with Crippen LogP contribution in [-0.4, -0.2) is 59.7 Å². The minimum atomic E-state index is -0.168. The first kappa shape index (κ1) is 22.3. The van der Waals surface area contributed by atoms with Crippen molar-refractivity contribution in [2.24, 2.45) is 11.8 Å². The summed E-state index contributed by atoms with van der Waals surface area (Å²) in [6.45, 7) is 6.27. The van der Waals surface area contributed by atoms with E-state index in [1.807, 2.05) is 54.0 Å². The molecule has 1 aromatic carbocycles. The lowest BCUT2D eigenvalue weighted by Gasteiger charge is -2.33. The average Bonchev–Trinajstić information content (AvgIpc) is 3.24. The smallest absolute Gasteiger partial charge is 0.254 e. The fraction of sp³-hybridized carbons (Fsp3) is 0.625. The van der Waals surface area contributed by atoms with Crippen LogP contribution in [0.25, 0.3) is 0 Å². The Morgan fingerprint density at radius 1 is 1.03 bits per heavy atom. The first-order chi connectivity index (χ1) is 14.6. The largest absolute Gasteiger partial charge is 0.354 e. The summed E-state index contributed by atoms with van der Waals surface area (Å²) in [7, 11) is 0. The Morgan fingerprint density at radius 2 is 1.77 bits per heavy atom. The molecule has 1 heterocycles. The summed E-state index contributed by atoms with van der Waals surface area (Å²) in [5.74, 6) is 0.0124. The molecule has 2 fully saturated rings. The molecule has 1 saturated heterocycles. The van der Waals surface area contributed by atoms with Crippen molar-refractivity contribution in [1.82, 2.24) is 15.1 Å². The van der Waals surface area contributed by atoms with Gasteiger partial charge >= 0.3 is 0 Å². The van der Waals surface area contributed by atoms with Gasteiger partial charge in [0.2, 0.25) is 11.8 Å². The lowest BCUT2D eigenvalue weighted by Crippen LogP contribution is -2.47. The van der Waals surface area contributed by atoms with Gasteiger partial charge in [-0.25, -0.2) is 0 Å². The second-order valence-corrected chi connectivity index (χ2v) is 8.45. The predicted octanol–water partition coefficient (Wildman–Crippen LogP) is 3.08. The first-order valence-corrected chi connectivity index (χ1v) is 11.5.